The fourth-order valence-electron chi connectivity index (χ4n) is 2.20. The number of carbonyl (C=O) groups is 1. The standard InChI is InChI=1S/C15H16N2O3/c18-15(16-9-11-6-7-19-10-11)14-8-13(17-20-14)12-4-2-1-3-5-12/h1-5,8,11H,6-7,9-10H2,(H,16,18)/t11-/m0/s1. The molecule has 1 atom stereocenters. The minimum absolute atomic E-state index is 0.230. The van der Waals surface area contributed by atoms with Crippen molar-refractivity contribution in [2.24, 2.45) is 5.92 Å². The topological polar surface area (TPSA) is 64.4 Å². The number of hydrogen-bond donors (Lipinski definition) is 1. The van der Waals surface area contributed by atoms with Crippen LogP contribution in [0.2, 0.25) is 0 Å². The van der Waals surface area contributed by atoms with Gasteiger partial charge in [0, 0.05) is 30.7 Å². The SMILES string of the molecule is O=C(NC[C@@H]1CCOC1)c1cc(-c2ccccc2)no1. The molecule has 1 aromatic carbocycles. The van der Waals surface area contributed by atoms with Crippen molar-refractivity contribution < 1.29 is 14.1 Å². The Balaban J connectivity index is 1.62. The van der Waals surface area contributed by atoms with Gasteiger partial charge in [-0.25, -0.2) is 0 Å². The van der Waals surface area contributed by atoms with Crippen molar-refractivity contribution in [3.05, 3.63) is 42.2 Å². The summed E-state index contributed by atoms with van der Waals surface area (Å²) in [7, 11) is 0. The predicted molar refractivity (Wildman–Crippen MR) is 73.2 cm³/mol. The normalized spacial score (nSPS) is 18.1. The Hall–Kier alpha value is -2.14. The first-order chi connectivity index (χ1) is 9.83. The lowest BCUT2D eigenvalue weighted by Crippen LogP contribution is -2.29. The van der Waals surface area contributed by atoms with E-state index in [4.69, 9.17) is 9.26 Å². The van der Waals surface area contributed by atoms with E-state index in [1.165, 1.54) is 0 Å². The minimum atomic E-state index is -0.230. The Morgan fingerprint density at radius 2 is 2.20 bits per heavy atom. The molecule has 1 fully saturated rings. The summed E-state index contributed by atoms with van der Waals surface area (Å²) in [4.78, 5) is 12.0. The summed E-state index contributed by atoms with van der Waals surface area (Å²) >= 11 is 0. The minimum Gasteiger partial charge on any atom is -0.381 e. The molecule has 1 aliphatic rings. The van der Waals surface area contributed by atoms with E-state index in [-0.39, 0.29) is 11.7 Å². The van der Waals surface area contributed by atoms with Crippen LogP contribution in [-0.4, -0.2) is 30.8 Å². The molecular formula is C15H16N2O3. The Labute approximate surface area is 116 Å². The second-order valence-corrected chi connectivity index (χ2v) is 4.88. The summed E-state index contributed by atoms with van der Waals surface area (Å²) < 4.78 is 10.4. The van der Waals surface area contributed by atoms with Gasteiger partial charge in [0.2, 0.25) is 5.76 Å². The first-order valence-electron chi connectivity index (χ1n) is 6.71. The Morgan fingerprint density at radius 1 is 1.35 bits per heavy atom. The summed E-state index contributed by atoms with van der Waals surface area (Å²) in [6.07, 6.45) is 0.992. The number of aromatic nitrogens is 1. The molecule has 1 aromatic heterocycles. The van der Waals surface area contributed by atoms with Crippen LogP contribution in [0.1, 0.15) is 17.0 Å². The van der Waals surface area contributed by atoms with Crippen LogP contribution in [0.4, 0.5) is 0 Å². The second-order valence-electron chi connectivity index (χ2n) is 4.88. The van der Waals surface area contributed by atoms with Gasteiger partial charge >= 0.3 is 0 Å². The average molecular weight is 272 g/mol. The number of nitrogens with zero attached hydrogens (tertiary/aromatic N) is 1. The smallest absolute Gasteiger partial charge is 0.289 e. The van der Waals surface area contributed by atoms with Gasteiger partial charge in [0.25, 0.3) is 5.91 Å². The fraction of sp³-hybridized carbons (Fsp3) is 0.333. The summed E-state index contributed by atoms with van der Waals surface area (Å²) in [6.45, 7) is 2.10. The number of nitrogens with one attached hydrogen (secondary N) is 1. The third kappa shape index (κ3) is 2.88. The van der Waals surface area contributed by atoms with Gasteiger partial charge in [0.1, 0.15) is 5.69 Å². The molecule has 0 saturated carbocycles. The van der Waals surface area contributed by atoms with Gasteiger partial charge in [-0.2, -0.15) is 0 Å². The van der Waals surface area contributed by atoms with Gasteiger partial charge in [0.15, 0.2) is 0 Å². The predicted octanol–water partition coefficient (Wildman–Crippen LogP) is 2.11. The van der Waals surface area contributed by atoms with Crippen LogP contribution in [0.25, 0.3) is 11.3 Å². The maximum atomic E-state index is 12.0. The molecule has 5 nitrogen and oxygen atoms in total. The molecule has 2 heterocycles. The Morgan fingerprint density at radius 3 is 2.95 bits per heavy atom. The van der Waals surface area contributed by atoms with Gasteiger partial charge in [-0.3, -0.25) is 4.79 Å². The number of rotatable bonds is 4. The molecule has 104 valence electrons. The highest BCUT2D eigenvalue weighted by Gasteiger charge is 2.19. The molecule has 1 amide bonds. The van der Waals surface area contributed by atoms with Crippen LogP contribution >= 0.6 is 0 Å². The Bertz CT molecular complexity index is 574. The first-order valence-corrected chi connectivity index (χ1v) is 6.71. The van der Waals surface area contributed by atoms with Gasteiger partial charge < -0.3 is 14.6 Å². The van der Waals surface area contributed by atoms with E-state index < -0.39 is 0 Å². The zero-order chi connectivity index (χ0) is 13.8. The molecule has 0 radical (unpaired) electrons. The van der Waals surface area contributed by atoms with Crippen molar-refractivity contribution >= 4 is 5.91 Å². The van der Waals surface area contributed by atoms with Crippen molar-refractivity contribution in [3.63, 3.8) is 0 Å². The van der Waals surface area contributed by atoms with Gasteiger partial charge in [-0.05, 0) is 6.42 Å². The molecule has 0 unspecified atom stereocenters. The first kappa shape index (κ1) is 12.9. The van der Waals surface area contributed by atoms with E-state index in [1.807, 2.05) is 30.3 Å². The highest BCUT2D eigenvalue weighted by molar-refractivity contribution is 5.92. The second kappa shape index (κ2) is 5.88. The summed E-state index contributed by atoms with van der Waals surface area (Å²) in [5.74, 6) is 0.407. The van der Waals surface area contributed by atoms with E-state index in [0.29, 0.717) is 24.8 Å². The number of benzene rings is 1. The molecule has 1 saturated heterocycles. The summed E-state index contributed by atoms with van der Waals surface area (Å²) in [5, 5.41) is 6.78. The highest BCUT2D eigenvalue weighted by Crippen LogP contribution is 2.18. The summed E-state index contributed by atoms with van der Waals surface area (Å²) in [6, 6.07) is 11.3. The lowest BCUT2D eigenvalue weighted by atomic mass is 10.1. The van der Waals surface area contributed by atoms with Gasteiger partial charge in [-0.1, -0.05) is 35.5 Å². The van der Waals surface area contributed by atoms with E-state index in [9.17, 15) is 4.79 Å². The molecule has 0 spiro atoms. The van der Waals surface area contributed by atoms with Crippen LogP contribution in [-0.2, 0) is 4.74 Å². The van der Waals surface area contributed by atoms with Crippen LogP contribution < -0.4 is 5.32 Å². The molecular weight excluding hydrogens is 256 g/mol. The fourth-order valence-corrected chi connectivity index (χ4v) is 2.20. The summed E-state index contributed by atoms with van der Waals surface area (Å²) in [5.41, 5.74) is 1.60. The lowest BCUT2D eigenvalue weighted by Gasteiger charge is -2.07. The molecule has 20 heavy (non-hydrogen) atoms. The average Bonchev–Trinajstić information content (AvgIpc) is 3.17. The maximum absolute atomic E-state index is 12.0. The number of amides is 1. The quantitative estimate of drug-likeness (QED) is 0.925. The van der Waals surface area contributed by atoms with Crippen LogP contribution in [0, 0.1) is 5.92 Å². The van der Waals surface area contributed by atoms with Crippen molar-refractivity contribution in [3.8, 4) is 11.3 Å². The highest BCUT2D eigenvalue weighted by atomic mass is 16.5. The van der Waals surface area contributed by atoms with Crippen molar-refractivity contribution in [1.29, 1.82) is 0 Å². The molecule has 0 bridgehead atoms. The zero-order valence-corrected chi connectivity index (χ0v) is 11.0. The van der Waals surface area contributed by atoms with Crippen LogP contribution in [0.3, 0.4) is 0 Å². The van der Waals surface area contributed by atoms with E-state index in [2.05, 4.69) is 10.5 Å². The van der Waals surface area contributed by atoms with E-state index in [1.54, 1.807) is 6.07 Å². The van der Waals surface area contributed by atoms with Crippen LogP contribution in [0.15, 0.2) is 40.9 Å². The van der Waals surface area contributed by atoms with Crippen LogP contribution in [0.5, 0.6) is 0 Å². The zero-order valence-electron chi connectivity index (χ0n) is 11.0. The maximum Gasteiger partial charge on any atom is 0.289 e. The van der Waals surface area contributed by atoms with Crippen molar-refractivity contribution in [2.45, 2.75) is 6.42 Å². The third-order valence-electron chi connectivity index (χ3n) is 3.38. The molecule has 2 aromatic rings. The lowest BCUT2D eigenvalue weighted by molar-refractivity contribution is 0.0908. The Kier molecular flexibility index (Phi) is 3.78. The number of hydrogen-bond acceptors (Lipinski definition) is 4. The molecule has 0 aliphatic carbocycles. The molecule has 5 heteroatoms. The van der Waals surface area contributed by atoms with E-state index in [0.717, 1.165) is 18.6 Å². The molecule has 1 N–H and O–H groups in total. The van der Waals surface area contributed by atoms with Crippen molar-refractivity contribution in [1.82, 2.24) is 10.5 Å². The number of carbonyl (C=O) groups excluding carboxylic acids is 1. The van der Waals surface area contributed by atoms with Crippen molar-refractivity contribution in [2.75, 3.05) is 19.8 Å². The van der Waals surface area contributed by atoms with E-state index >= 15 is 0 Å². The van der Waals surface area contributed by atoms with Gasteiger partial charge in [0.05, 0.1) is 6.61 Å². The monoisotopic (exact) mass is 272 g/mol. The third-order valence-corrected chi connectivity index (χ3v) is 3.38. The van der Waals surface area contributed by atoms with Gasteiger partial charge in [-0.15, -0.1) is 0 Å². The molecule has 3 rings (SSSR count). The largest absolute Gasteiger partial charge is 0.381 e. The number of ether oxygens (including phenoxy) is 1. The molecule has 1 aliphatic heterocycles.